The molecule has 3 N–H and O–H groups in total. The van der Waals surface area contributed by atoms with Gasteiger partial charge in [-0.3, -0.25) is 0 Å². The Hall–Kier alpha value is -1.06. The second-order valence-electron chi connectivity index (χ2n) is 5.58. The number of aliphatic hydroxyl groups excluding tert-OH is 1. The summed E-state index contributed by atoms with van der Waals surface area (Å²) in [5, 5.41) is 22.1. The van der Waals surface area contributed by atoms with Gasteiger partial charge in [-0.25, -0.2) is 0 Å². The Morgan fingerprint density at radius 3 is 2.47 bits per heavy atom. The van der Waals surface area contributed by atoms with E-state index in [0.29, 0.717) is 11.5 Å². The minimum atomic E-state index is -0.126. The molecule has 1 unspecified atom stereocenters. The molecule has 0 radical (unpaired) electrons. The van der Waals surface area contributed by atoms with Crippen LogP contribution in [-0.2, 0) is 6.61 Å². The third-order valence-electron chi connectivity index (χ3n) is 2.78. The summed E-state index contributed by atoms with van der Waals surface area (Å²) in [6, 6.07) is 5.42. The minimum Gasteiger partial charge on any atom is -0.508 e. The zero-order valence-electron chi connectivity index (χ0n) is 11.1. The molecule has 1 rings (SSSR count). The maximum absolute atomic E-state index is 9.50. The van der Waals surface area contributed by atoms with Crippen molar-refractivity contribution in [1.82, 2.24) is 5.32 Å². The first-order valence-corrected chi connectivity index (χ1v) is 6.01. The molecule has 3 heteroatoms. The van der Waals surface area contributed by atoms with Crippen LogP contribution in [0.25, 0.3) is 0 Å². The summed E-state index contributed by atoms with van der Waals surface area (Å²) < 4.78 is 0. The Balaban J connectivity index is 2.72. The van der Waals surface area contributed by atoms with Crippen molar-refractivity contribution in [3.05, 3.63) is 29.3 Å². The van der Waals surface area contributed by atoms with Gasteiger partial charge < -0.3 is 15.5 Å². The van der Waals surface area contributed by atoms with Crippen LogP contribution in [0.15, 0.2) is 18.2 Å². The van der Waals surface area contributed by atoms with Gasteiger partial charge in [0.2, 0.25) is 0 Å². The molecule has 0 heterocycles. The van der Waals surface area contributed by atoms with Gasteiger partial charge in [0, 0.05) is 17.6 Å². The molecule has 0 saturated heterocycles. The minimum absolute atomic E-state index is 0.102. The summed E-state index contributed by atoms with van der Waals surface area (Å²) in [7, 11) is 0. The first kappa shape index (κ1) is 14.0. The van der Waals surface area contributed by atoms with Crippen molar-refractivity contribution in [1.29, 1.82) is 0 Å². The maximum atomic E-state index is 9.50. The van der Waals surface area contributed by atoms with Gasteiger partial charge in [0.15, 0.2) is 0 Å². The summed E-state index contributed by atoms with van der Waals surface area (Å²) in [6.45, 7) is 9.28. The van der Waals surface area contributed by atoms with E-state index in [1.54, 1.807) is 6.07 Å². The predicted octanol–water partition coefficient (Wildman–Crippen LogP) is 2.38. The van der Waals surface area contributed by atoms with Crippen molar-refractivity contribution in [2.75, 3.05) is 6.54 Å². The van der Waals surface area contributed by atoms with Crippen LogP contribution in [0.5, 0.6) is 5.75 Å². The molecular formula is C14H23NO2. The first-order valence-electron chi connectivity index (χ1n) is 6.01. The Morgan fingerprint density at radius 1 is 1.29 bits per heavy atom. The molecule has 96 valence electrons. The summed E-state index contributed by atoms with van der Waals surface area (Å²) in [5.41, 5.74) is 1.82. The van der Waals surface area contributed by atoms with E-state index < -0.39 is 0 Å². The summed E-state index contributed by atoms with van der Waals surface area (Å²) in [6.07, 6.45) is 0. The van der Waals surface area contributed by atoms with Crippen LogP contribution in [0.1, 0.15) is 44.7 Å². The highest BCUT2D eigenvalue weighted by Gasteiger charge is 2.13. The Labute approximate surface area is 103 Å². The van der Waals surface area contributed by atoms with Gasteiger partial charge in [-0.2, -0.15) is 0 Å². The molecule has 1 atom stereocenters. The van der Waals surface area contributed by atoms with E-state index in [1.165, 1.54) is 0 Å². The Morgan fingerprint density at radius 2 is 1.94 bits per heavy atom. The number of aliphatic hydroxyl groups is 1. The summed E-state index contributed by atoms with van der Waals surface area (Å²) in [5.74, 6) is 0.507. The fourth-order valence-electron chi connectivity index (χ4n) is 1.62. The van der Waals surface area contributed by atoms with Crippen LogP contribution in [0.4, 0.5) is 0 Å². The fourth-order valence-corrected chi connectivity index (χ4v) is 1.62. The highest BCUT2D eigenvalue weighted by molar-refractivity contribution is 5.37. The molecule has 1 aromatic carbocycles. The van der Waals surface area contributed by atoms with Crippen molar-refractivity contribution in [3.63, 3.8) is 0 Å². The molecule has 0 aliphatic heterocycles. The van der Waals surface area contributed by atoms with Gasteiger partial charge in [-0.05, 0) is 44.4 Å². The number of rotatable bonds is 4. The van der Waals surface area contributed by atoms with Crippen LogP contribution in [0.2, 0.25) is 0 Å². The molecule has 0 amide bonds. The van der Waals surface area contributed by atoms with Gasteiger partial charge in [0.05, 0.1) is 6.61 Å². The number of phenols is 1. The molecule has 0 aliphatic rings. The zero-order chi connectivity index (χ0) is 13.1. The van der Waals surface area contributed by atoms with Crippen molar-refractivity contribution in [2.24, 2.45) is 0 Å². The van der Waals surface area contributed by atoms with Crippen LogP contribution < -0.4 is 5.32 Å². The fraction of sp³-hybridized carbons (Fsp3) is 0.571. The molecule has 0 bridgehead atoms. The molecule has 1 aromatic rings. The standard InChI is InChI=1S/C14H23NO2/c1-10(8-15-14(2,3)4)11-5-6-13(17)12(7-11)9-16/h5-7,10,15-17H,8-9H2,1-4H3. The van der Waals surface area contributed by atoms with Crippen molar-refractivity contribution < 1.29 is 10.2 Å². The van der Waals surface area contributed by atoms with E-state index in [1.807, 2.05) is 12.1 Å². The van der Waals surface area contributed by atoms with E-state index in [9.17, 15) is 5.11 Å². The largest absolute Gasteiger partial charge is 0.508 e. The van der Waals surface area contributed by atoms with Gasteiger partial charge in [-0.15, -0.1) is 0 Å². The molecule has 0 fully saturated rings. The topological polar surface area (TPSA) is 52.5 Å². The van der Waals surface area contributed by atoms with Gasteiger partial charge in [0.1, 0.15) is 5.75 Å². The van der Waals surface area contributed by atoms with Crippen molar-refractivity contribution in [2.45, 2.75) is 45.8 Å². The molecular weight excluding hydrogens is 214 g/mol. The monoisotopic (exact) mass is 237 g/mol. The number of hydrogen-bond donors (Lipinski definition) is 3. The van der Waals surface area contributed by atoms with Crippen molar-refractivity contribution >= 4 is 0 Å². The second kappa shape index (κ2) is 5.52. The van der Waals surface area contributed by atoms with Crippen LogP contribution in [-0.4, -0.2) is 22.3 Å². The Kier molecular flexibility index (Phi) is 4.54. The van der Waals surface area contributed by atoms with Crippen LogP contribution >= 0.6 is 0 Å². The molecule has 0 aliphatic carbocycles. The number of nitrogens with one attached hydrogen (secondary N) is 1. The number of aromatic hydroxyl groups is 1. The third kappa shape index (κ3) is 4.36. The highest BCUT2D eigenvalue weighted by atomic mass is 16.3. The molecule has 0 spiro atoms. The predicted molar refractivity (Wildman–Crippen MR) is 70.2 cm³/mol. The second-order valence-corrected chi connectivity index (χ2v) is 5.58. The Bertz CT molecular complexity index is 369. The summed E-state index contributed by atoms with van der Waals surface area (Å²) in [4.78, 5) is 0. The highest BCUT2D eigenvalue weighted by Crippen LogP contribution is 2.23. The number of hydrogen-bond acceptors (Lipinski definition) is 3. The van der Waals surface area contributed by atoms with E-state index in [2.05, 4.69) is 33.0 Å². The quantitative estimate of drug-likeness (QED) is 0.753. The SMILES string of the molecule is CC(CNC(C)(C)C)c1ccc(O)c(CO)c1. The lowest BCUT2D eigenvalue weighted by Gasteiger charge is -2.24. The van der Waals surface area contributed by atoms with E-state index in [-0.39, 0.29) is 17.9 Å². The first-order chi connectivity index (χ1) is 7.83. The smallest absolute Gasteiger partial charge is 0.121 e. The molecule has 3 nitrogen and oxygen atoms in total. The maximum Gasteiger partial charge on any atom is 0.121 e. The van der Waals surface area contributed by atoms with E-state index in [0.717, 1.165) is 12.1 Å². The normalized spacial score (nSPS) is 13.7. The average Bonchev–Trinajstić information content (AvgIpc) is 2.25. The molecule has 0 aromatic heterocycles. The average molecular weight is 237 g/mol. The van der Waals surface area contributed by atoms with E-state index in [4.69, 9.17) is 5.11 Å². The summed E-state index contributed by atoms with van der Waals surface area (Å²) >= 11 is 0. The lowest BCUT2D eigenvalue weighted by atomic mass is 9.97. The van der Waals surface area contributed by atoms with Gasteiger partial charge in [0.25, 0.3) is 0 Å². The van der Waals surface area contributed by atoms with Gasteiger partial charge >= 0.3 is 0 Å². The van der Waals surface area contributed by atoms with Crippen LogP contribution in [0.3, 0.4) is 0 Å². The number of benzene rings is 1. The molecule has 0 saturated carbocycles. The van der Waals surface area contributed by atoms with Crippen LogP contribution in [0, 0.1) is 0 Å². The van der Waals surface area contributed by atoms with Crippen molar-refractivity contribution in [3.8, 4) is 5.75 Å². The lowest BCUT2D eigenvalue weighted by molar-refractivity contribution is 0.275. The van der Waals surface area contributed by atoms with E-state index >= 15 is 0 Å². The molecule has 17 heavy (non-hydrogen) atoms. The van der Waals surface area contributed by atoms with Gasteiger partial charge in [-0.1, -0.05) is 13.0 Å². The third-order valence-corrected chi connectivity index (χ3v) is 2.78. The zero-order valence-corrected chi connectivity index (χ0v) is 11.1. The lowest BCUT2D eigenvalue weighted by Crippen LogP contribution is -2.38.